The van der Waals surface area contributed by atoms with Crippen LogP contribution in [0.4, 0.5) is 0 Å². The summed E-state index contributed by atoms with van der Waals surface area (Å²) in [4.78, 5) is 16.6. The van der Waals surface area contributed by atoms with Gasteiger partial charge < -0.3 is 15.4 Å². The normalized spacial score (nSPS) is 19.9. The second kappa shape index (κ2) is 8.01. The number of ether oxygens (including phenoxy) is 1. The van der Waals surface area contributed by atoms with Crippen molar-refractivity contribution in [2.75, 3.05) is 20.2 Å². The molecule has 1 aliphatic heterocycles. The predicted octanol–water partition coefficient (Wildman–Crippen LogP) is 3.65. The van der Waals surface area contributed by atoms with Gasteiger partial charge in [0.2, 0.25) is 0 Å². The van der Waals surface area contributed by atoms with E-state index < -0.39 is 0 Å². The number of thiophene rings is 1. The highest BCUT2D eigenvalue weighted by Crippen LogP contribution is 2.38. The maximum absolute atomic E-state index is 13.0. The minimum absolute atomic E-state index is 0. The van der Waals surface area contributed by atoms with E-state index in [0.717, 1.165) is 23.4 Å². The average Bonchev–Trinajstić information content (AvgIpc) is 3.18. The first-order valence-corrected chi connectivity index (χ1v) is 8.70. The molecule has 24 heavy (non-hydrogen) atoms. The van der Waals surface area contributed by atoms with Gasteiger partial charge in [0.05, 0.1) is 7.11 Å². The van der Waals surface area contributed by atoms with Crippen molar-refractivity contribution >= 4 is 29.7 Å². The molecule has 2 heterocycles. The number of carbonyl (C=O) groups excluding carboxylic acids is 1. The average molecular weight is 367 g/mol. The molecule has 0 saturated carbocycles. The van der Waals surface area contributed by atoms with E-state index in [0.29, 0.717) is 23.1 Å². The van der Waals surface area contributed by atoms with Crippen LogP contribution in [-0.2, 0) is 0 Å². The van der Waals surface area contributed by atoms with Gasteiger partial charge in [-0.2, -0.15) is 0 Å². The summed E-state index contributed by atoms with van der Waals surface area (Å²) < 4.78 is 5.45. The molecular weight excluding hydrogens is 344 g/mol. The third kappa shape index (κ3) is 3.58. The third-order valence-corrected chi connectivity index (χ3v) is 5.58. The van der Waals surface area contributed by atoms with E-state index in [1.54, 1.807) is 7.11 Å². The second-order valence-corrected chi connectivity index (χ2v) is 7.07. The maximum atomic E-state index is 13.0. The summed E-state index contributed by atoms with van der Waals surface area (Å²) in [5.74, 6) is 1.10. The molecule has 4 nitrogen and oxygen atoms in total. The summed E-state index contributed by atoms with van der Waals surface area (Å²) in [6.45, 7) is 3.45. The molecule has 0 spiro atoms. The number of halogens is 1. The van der Waals surface area contributed by atoms with Gasteiger partial charge in [-0.1, -0.05) is 30.3 Å². The molecule has 0 bridgehead atoms. The number of hydrogen-bond acceptors (Lipinski definition) is 4. The van der Waals surface area contributed by atoms with E-state index >= 15 is 0 Å². The zero-order chi connectivity index (χ0) is 16.4. The largest absolute Gasteiger partial charge is 0.495 e. The number of likely N-dealkylation sites (tertiary alicyclic amines) is 1. The van der Waals surface area contributed by atoms with Crippen LogP contribution >= 0.6 is 23.7 Å². The molecule has 130 valence electrons. The van der Waals surface area contributed by atoms with Crippen LogP contribution in [0.15, 0.2) is 36.4 Å². The van der Waals surface area contributed by atoms with E-state index in [-0.39, 0.29) is 24.4 Å². The van der Waals surface area contributed by atoms with Crippen molar-refractivity contribution in [3.8, 4) is 16.2 Å². The van der Waals surface area contributed by atoms with Gasteiger partial charge in [0.25, 0.3) is 5.91 Å². The maximum Gasteiger partial charge on any atom is 0.268 e. The van der Waals surface area contributed by atoms with Crippen molar-refractivity contribution in [1.29, 1.82) is 0 Å². The molecule has 1 aromatic carbocycles. The lowest BCUT2D eigenvalue weighted by atomic mass is 10.1. The Morgan fingerprint density at radius 2 is 2.08 bits per heavy atom. The summed E-state index contributed by atoms with van der Waals surface area (Å²) >= 11 is 1.50. The topological polar surface area (TPSA) is 55.6 Å². The molecule has 1 fully saturated rings. The molecule has 0 aliphatic carbocycles. The first-order valence-electron chi connectivity index (χ1n) is 7.88. The molecule has 3 rings (SSSR count). The Labute approximate surface area is 153 Å². The molecule has 1 aliphatic rings. The quantitative estimate of drug-likeness (QED) is 0.898. The van der Waals surface area contributed by atoms with E-state index in [1.165, 1.54) is 11.3 Å². The molecule has 1 amide bonds. The summed E-state index contributed by atoms with van der Waals surface area (Å²) in [5, 5.41) is 0. The third-order valence-electron chi connectivity index (χ3n) is 4.43. The lowest BCUT2D eigenvalue weighted by Crippen LogP contribution is -2.34. The summed E-state index contributed by atoms with van der Waals surface area (Å²) in [6, 6.07) is 12.2. The summed E-state index contributed by atoms with van der Waals surface area (Å²) in [6.07, 6.45) is 0.974. The zero-order valence-electron chi connectivity index (χ0n) is 13.9. The van der Waals surface area contributed by atoms with Gasteiger partial charge in [-0.05, 0) is 37.4 Å². The van der Waals surface area contributed by atoms with E-state index in [4.69, 9.17) is 10.5 Å². The van der Waals surface area contributed by atoms with E-state index in [9.17, 15) is 4.79 Å². The fourth-order valence-electron chi connectivity index (χ4n) is 3.15. The molecule has 1 aromatic heterocycles. The number of carbonyl (C=O) groups is 1. The Balaban J connectivity index is 0.00000208. The van der Waals surface area contributed by atoms with E-state index in [1.807, 2.05) is 41.3 Å². The van der Waals surface area contributed by atoms with Gasteiger partial charge in [-0.3, -0.25) is 4.79 Å². The SMILES string of the molecule is COc1cc(-c2ccccc2)sc1C(=O)N1CC(CN)CC1C.Cl. The van der Waals surface area contributed by atoms with Gasteiger partial charge >= 0.3 is 0 Å². The first-order chi connectivity index (χ1) is 11.1. The number of rotatable bonds is 4. The van der Waals surface area contributed by atoms with Crippen molar-refractivity contribution in [2.24, 2.45) is 11.7 Å². The van der Waals surface area contributed by atoms with Crippen LogP contribution in [0.1, 0.15) is 23.0 Å². The van der Waals surface area contributed by atoms with Crippen LogP contribution in [0.5, 0.6) is 5.75 Å². The lowest BCUT2D eigenvalue weighted by Gasteiger charge is -2.21. The summed E-state index contributed by atoms with van der Waals surface area (Å²) in [5.41, 5.74) is 6.87. The van der Waals surface area contributed by atoms with Crippen molar-refractivity contribution in [2.45, 2.75) is 19.4 Å². The zero-order valence-corrected chi connectivity index (χ0v) is 15.5. The molecule has 2 unspecified atom stereocenters. The van der Waals surface area contributed by atoms with Crippen LogP contribution in [0.3, 0.4) is 0 Å². The lowest BCUT2D eigenvalue weighted by molar-refractivity contribution is 0.0745. The van der Waals surface area contributed by atoms with Gasteiger partial charge in [0.15, 0.2) is 0 Å². The Bertz CT molecular complexity index is 690. The molecule has 2 atom stereocenters. The highest BCUT2D eigenvalue weighted by molar-refractivity contribution is 7.17. The minimum atomic E-state index is 0. The Hall–Kier alpha value is -1.56. The molecule has 0 radical (unpaired) electrons. The van der Waals surface area contributed by atoms with Crippen LogP contribution in [-0.4, -0.2) is 37.0 Å². The van der Waals surface area contributed by atoms with Crippen LogP contribution < -0.4 is 10.5 Å². The molecule has 2 N–H and O–H groups in total. The van der Waals surface area contributed by atoms with Gasteiger partial charge in [0, 0.05) is 17.5 Å². The number of benzene rings is 1. The molecular formula is C18H23ClN2O2S. The van der Waals surface area contributed by atoms with Crippen molar-refractivity contribution < 1.29 is 9.53 Å². The number of amides is 1. The highest BCUT2D eigenvalue weighted by atomic mass is 35.5. The van der Waals surface area contributed by atoms with Gasteiger partial charge in [-0.15, -0.1) is 23.7 Å². The Morgan fingerprint density at radius 3 is 2.67 bits per heavy atom. The van der Waals surface area contributed by atoms with Crippen LogP contribution in [0.2, 0.25) is 0 Å². The van der Waals surface area contributed by atoms with Crippen molar-refractivity contribution in [3.05, 3.63) is 41.3 Å². The number of methoxy groups -OCH3 is 1. The minimum Gasteiger partial charge on any atom is -0.495 e. The highest BCUT2D eigenvalue weighted by Gasteiger charge is 2.34. The van der Waals surface area contributed by atoms with Crippen LogP contribution in [0.25, 0.3) is 10.4 Å². The second-order valence-electron chi connectivity index (χ2n) is 6.02. The Morgan fingerprint density at radius 1 is 1.38 bits per heavy atom. The predicted molar refractivity (Wildman–Crippen MR) is 101 cm³/mol. The molecule has 2 aromatic rings. The number of nitrogens with two attached hydrogens (primary N) is 1. The fraction of sp³-hybridized carbons (Fsp3) is 0.389. The van der Waals surface area contributed by atoms with Gasteiger partial charge in [-0.25, -0.2) is 0 Å². The van der Waals surface area contributed by atoms with Gasteiger partial charge in [0.1, 0.15) is 10.6 Å². The smallest absolute Gasteiger partial charge is 0.268 e. The van der Waals surface area contributed by atoms with Crippen LogP contribution in [0, 0.1) is 5.92 Å². The number of hydrogen-bond donors (Lipinski definition) is 1. The number of nitrogens with zero attached hydrogens (tertiary/aromatic N) is 1. The monoisotopic (exact) mass is 366 g/mol. The standard InChI is InChI=1S/C18H22N2O2S.ClH/c1-12-8-13(10-19)11-20(12)18(21)17-15(22-2)9-16(23-17)14-6-4-3-5-7-14;/h3-7,9,12-13H,8,10-11,19H2,1-2H3;1H. The Kier molecular flexibility index (Phi) is 6.27. The van der Waals surface area contributed by atoms with E-state index in [2.05, 4.69) is 6.92 Å². The molecule has 1 saturated heterocycles. The molecule has 6 heteroatoms. The van der Waals surface area contributed by atoms with Crippen molar-refractivity contribution in [1.82, 2.24) is 4.90 Å². The van der Waals surface area contributed by atoms with Crippen molar-refractivity contribution in [3.63, 3.8) is 0 Å². The first kappa shape index (κ1) is 18.8. The fourth-order valence-corrected chi connectivity index (χ4v) is 4.23. The summed E-state index contributed by atoms with van der Waals surface area (Å²) in [7, 11) is 1.61.